The van der Waals surface area contributed by atoms with Crippen LogP contribution in [0.25, 0.3) is 0 Å². The van der Waals surface area contributed by atoms with E-state index >= 15 is 0 Å². The van der Waals surface area contributed by atoms with Crippen LogP contribution in [-0.4, -0.2) is 11.6 Å². The molecule has 0 radical (unpaired) electrons. The van der Waals surface area contributed by atoms with E-state index < -0.39 is 11.6 Å². The highest BCUT2D eigenvalue weighted by atomic mass is 35.5. The van der Waals surface area contributed by atoms with Crippen LogP contribution in [0.3, 0.4) is 0 Å². The molecule has 1 heterocycles. The lowest BCUT2D eigenvalue weighted by Gasteiger charge is -2.11. The number of halogens is 3. The predicted octanol–water partition coefficient (Wildman–Crippen LogP) is 3.74. The summed E-state index contributed by atoms with van der Waals surface area (Å²) in [5.41, 5.74) is 5.99. The highest BCUT2D eigenvalue weighted by molar-refractivity contribution is 6.33. The van der Waals surface area contributed by atoms with Crippen molar-refractivity contribution in [1.29, 1.82) is 0 Å². The van der Waals surface area contributed by atoms with E-state index in [1.165, 1.54) is 6.07 Å². The maximum Gasteiger partial charge on any atom is 0.239 e. The van der Waals surface area contributed by atoms with E-state index in [0.29, 0.717) is 12.3 Å². The highest BCUT2D eigenvalue weighted by Crippen LogP contribution is 2.30. The summed E-state index contributed by atoms with van der Waals surface area (Å²) in [5.74, 6) is -1.05. The fraction of sp³-hybridized carbons (Fsp3) is 0.154. The second-order valence-corrected chi connectivity index (χ2v) is 4.30. The Bertz CT molecular complexity index is 614. The van der Waals surface area contributed by atoms with Gasteiger partial charge in [0.25, 0.3) is 0 Å². The molecule has 0 fully saturated rings. The fourth-order valence-corrected chi connectivity index (χ4v) is 1.80. The Balaban J connectivity index is 2.33. The SMILES string of the molecule is CCOc1nc(Nc2c(F)cc(F)cc2Cl)ccc1N. The number of anilines is 3. The minimum atomic E-state index is -0.813. The number of ether oxygens (including phenoxy) is 1. The number of nitrogens with two attached hydrogens (primary N) is 1. The summed E-state index contributed by atoms with van der Waals surface area (Å²) in [6.07, 6.45) is 0. The van der Waals surface area contributed by atoms with Crippen LogP contribution in [-0.2, 0) is 0 Å². The minimum absolute atomic E-state index is 0.0622. The van der Waals surface area contributed by atoms with Gasteiger partial charge in [-0.05, 0) is 25.1 Å². The molecule has 1 aromatic heterocycles. The van der Waals surface area contributed by atoms with Crippen LogP contribution in [0.2, 0.25) is 5.02 Å². The number of hydrogen-bond donors (Lipinski definition) is 2. The maximum atomic E-state index is 13.7. The van der Waals surface area contributed by atoms with Gasteiger partial charge < -0.3 is 15.8 Å². The zero-order valence-electron chi connectivity index (χ0n) is 10.6. The van der Waals surface area contributed by atoms with Gasteiger partial charge in [0.05, 0.1) is 23.0 Å². The molecule has 3 N–H and O–H groups in total. The van der Waals surface area contributed by atoms with Crippen molar-refractivity contribution in [3.8, 4) is 5.88 Å². The third-order valence-electron chi connectivity index (χ3n) is 2.43. The lowest BCUT2D eigenvalue weighted by molar-refractivity contribution is 0.329. The van der Waals surface area contributed by atoms with Gasteiger partial charge >= 0.3 is 0 Å². The lowest BCUT2D eigenvalue weighted by Crippen LogP contribution is -2.03. The van der Waals surface area contributed by atoms with Crippen molar-refractivity contribution >= 4 is 28.8 Å². The van der Waals surface area contributed by atoms with Gasteiger partial charge in [0.2, 0.25) is 5.88 Å². The first-order chi connectivity index (χ1) is 9.51. The van der Waals surface area contributed by atoms with E-state index in [1.54, 1.807) is 13.0 Å². The van der Waals surface area contributed by atoms with E-state index in [4.69, 9.17) is 22.1 Å². The molecule has 0 saturated carbocycles. The number of pyridine rings is 1. The van der Waals surface area contributed by atoms with Crippen LogP contribution in [0, 0.1) is 11.6 Å². The van der Waals surface area contributed by atoms with Crippen LogP contribution in [0.5, 0.6) is 5.88 Å². The Kier molecular flexibility index (Phi) is 4.24. The zero-order valence-corrected chi connectivity index (χ0v) is 11.3. The van der Waals surface area contributed by atoms with Crippen molar-refractivity contribution in [2.75, 3.05) is 17.7 Å². The van der Waals surface area contributed by atoms with Crippen LogP contribution in [0.4, 0.5) is 26.0 Å². The number of nitrogens with one attached hydrogen (secondary N) is 1. The van der Waals surface area contributed by atoms with Gasteiger partial charge in [-0.3, -0.25) is 0 Å². The average molecular weight is 300 g/mol. The van der Waals surface area contributed by atoms with E-state index in [0.717, 1.165) is 12.1 Å². The summed E-state index contributed by atoms with van der Waals surface area (Å²) in [4.78, 5) is 4.08. The molecule has 20 heavy (non-hydrogen) atoms. The number of hydrogen-bond acceptors (Lipinski definition) is 4. The van der Waals surface area contributed by atoms with Crippen molar-refractivity contribution in [2.24, 2.45) is 0 Å². The van der Waals surface area contributed by atoms with Gasteiger partial charge in [0.15, 0.2) is 5.82 Å². The Morgan fingerprint density at radius 1 is 1.35 bits per heavy atom. The molecule has 0 saturated heterocycles. The molecule has 0 atom stereocenters. The smallest absolute Gasteiger partial charge is 0.239 e. The summed E-state index contributed by atoms with van der Waals surface area (Å²) >= 11 is 5.79. The highest BCUT2D eigenvalue weighted by Gasteiger charge is 2.12. The van der Waals surface area contributed by atoms with E-state index in [9.17, 15) is 8.78 Å². The molecule has 0 aliphatic heterocycles. The second-order valence-electron chi connectivity index (χ2n) is 3.89. The molecule has 2 aromatic rings. The molecule has 0 aliphatic carbocycles. The monoisotopic (exact) mass is 299 g/mol. The van der Waals surface area contributed by atoms with Crippen LogP contribution < -0.4 is 15.8 Å². The molecular weight excluding hydrogens is 288 g/mol. The molecule has 0 amide bonds. The Morgan fingerprint density at radius 3 is 2.75 bits per heavy atom. The summed E-state index contributed by atoms with van der Waals surface area (Å²) in [5, 5.41) is 2.59. The summed E-state index contributed by atoms with van der Waals surface area (Å²) in [7, 11) is 0. The summed E-state index contributed by atoms with van der Waals surface area (Å²) < 4.78 is 31.8. The molecule has 4 nitrogen and oxygen atoms in total. The van der Waals surface area contributed by atoms with Gasteiger partial charge in [-0.1, -0.05) is 11.6 Å². The Labute approximate surface area is 119 Å². The van der Waals surface area contributed by atoms with Gasteiger partial charge in [0, 0.05) is 6.07 Å². The van der Waals surface area contributed by atoms with E-state index in [-0.39, 0.29) is 22.4 Å². The summed E-state index contributed by atoms with van der Waals surface area (Å²) in [6, 6.07) is 4.84. The quantitative estimate of drug-likeness (QED) is 0.903. The lowest BCUT2D eigenvalue weighted by atomic mass is 10.3. The van der Waals surface area contributed by atoms with Crippen LogP contribution >= 0.6 is 11.6 Å². The minimum Gasteiger partial charge on any atom is -0.476 e. The Hall–Kier alpha value is -2.08. The topological polar surface area (TPSA) is 60.2 Å². The molecule has 0 bridgehead atoms. The van der Waals surface area contributed by atoms with Gasteiger partial charge in [-0.2, -0.15) is 4.98 Å². The van der Waals surface area contributed by atoms with Crippen molar-refractivity contribution < 1.29 is 13.5 Å². The van der Waals surface area contributed by atoms with E-state index in [1.807, 2.05) is 0 Å². The molecule has 1 aromatic carbocycles. The average Bonchev–Trinajstić information content (AvgIpc) is 2.37. The first kappa shape index (κ1) is 14.3. The van der Waals surface area contributed by atoms with Gasteiger partial charge in [-0.25, -0.2) is 8.78 Å². The Morgan fingerprint density at radius 2 is 2.10 bits per heavy atom. The largest absolute Gasteiger partial charge is 0.476 e. The number of rotatable bonds is 4. The molecular formula is C13H12ClF2N3O. The third-order valence-corrected chi connectivity index (χ3v) is 2.73. The second kappa shape index (κ2) is 5.92. The number of nitrogen functional groups attached to an aromatic ring is 1. The van der Waals surface area contributed by atoms with Crippen molar-refractivity contribution in [2.45, 2.75) is 6.92 Å². The standard InChI is InChI=1S/C13H12ClF2N3O/c1-2-20-13-10(17)3-4-11(19-13)18-12-8(14)5-7(15)6-9(12)16/h3-6H,2,17H2,1H3,(H,18,19). The normalized spacial score (nSPS) is 10.4. The molecule has 0 aliphatic rings. The third kappa shape index (κ3) is 3.08. The zero-order chi connectivity index (χ0) is 14.7. The summed E-state index contributed by atoms with van der Waals surface area (Å²) in [6.45, 7) is 2.18. The molecule has 0 spiro atoms. The predicted molar refractivity (Wildman–Crippen MR) is 74.5 cm³/mol. The number of aromatic nitrogens is 1. The van der Waals surface area contributed by atoms with Crippen LogP contribution in [0.15, 0.2) is 24.3 Å². The fourth-order valence-electron chi connectivity index (χ4n) is 1.56. The first-order valence-corrected chi connectivity index (χ1v) is 6.20. The molecule has 106 valence electrons. The number of benzene rings is 1. The number of nitrogens with zero attached hydrogens (tertiary/aromatic N) is 1. The van der Waals surface area contributed by atoms with Crippen LogP contribution in [0.1, 0.15) is 6.92 Å². The maximum absolute atomic E-state index is 13.7. The van der Waals surface area contributed by atoms with Crippen molar-refractivity contribution in [3.05, 3.63) is 40.9 Å². The molecule has 7 heteroatoms. The molecule has 2 rings (SSSR count). The van der Waals surface area contributed by atoms with E-state index in [2.05, 4.69) is 10.3 Å². The molecule has 0 unspecified atom stereocenters. The van der Waals surface area contributed by atoms with Gasteiger partial charge in [0.1, 0.15) is 11.6 Å². The van der Waals surface area contributed by atoms with Gasteiger partial charge in [-0.15, -0.1) is 0 Å². The van der Waals surface area contributed by atoms with Crippen molar-refractivity contribution in [1.82, 2.24) is 4.98 Å². The van der Waals surface area contributed by atoms with Crippen molar-refractivity contribution in [3.63, 3.8) is 0 Å². The first-order valence-electron chi connectivity index (χ1n) is 5.82.